The van der Waals surface area contributed by atoms with Crippen LogP contribution in [0.1, 0.15) is 63.7 Å². The first-order chi connectivity index (χ1) is 20.5. The average molecular weight is 671 g/mol. The molecule has 4 heterocycles. The van der Waals surface area contributed by atoms with Gasteiger partial charge in [0.05, 0.1) is 39.1 Å². The molecule has 0 bridgehead atoms. The minimum atomic E-state index is -0.586. The molecule has 3 aromatic heterocycles. The summed E-state index contributed by atoms with van der Waals surface area (Å²) in [7, 11) is 3.64. The number of methoxy groups -OCH3 is 1. The molecular formula is C32H40BrN5O4S. The molecule has 2 atom stereocenters. The SMILES string of the molecule is CC[C@@H]1CC(NC(=O)OC(C)(C)C)CN(C(=O)c2cc(OC)c3c(c2)nc(-c2cc4scc(Br)c4n2CC2CC2)n3C)C1. The van der Waals surface area contributed by atoms with E-state index < -0.39 is 11.7 Å². The summed E-state index contributed by atoms with van der Waals surface area (Å²) < 4.78 is 18.1. The Bertz CT molecular complexity index is 1700. The van der Waals surface area contributed by atoms with Gasteiger partial charge in [-0.25, -0.2) is 9.78 Å². The van der Waals surface area contributed by atoms with Crippen LogP contribution in [0.3, 0.4) is 0 Å². The molecule has 230 valence electrons. The standard InChI is InChI=1S/C32H40BrN5O4S/c1-7-18-10-21(34-31(40)42-32(2,3)4)16-37(14-18)30(39)20-11-23-28(25(12-20)41-6)36(5)29(35-23)24-13-26-27(22(33)17-43-26)38(24)15-19-8-9-19/h11-13,17-19,21H,7-10,14-16H2,1-6H3,(H,34,40)/t18-,21?/m1/s1. The number of halogens is 1. The maximum absolute atomic E-state index is 14.0. The third-order valence-corrected chi connectivity index (χ3v) is 10.3. The molecule has 1 unspecified atom stereocenters. The van der Waals surface area contributed by atoms with Crippen molar-refractivity contribution < 1.29 is 19.1 Å². The van der Waals surface area contributed by atoms with Gasteiger partial charge in [0.1, 0.15) is 16.9 Å². The summed E-state index contributed by atoms with van der Waals surface area (Å²) in [6, 6.07) is 5.74. The van der Waals surface area contributed by atoms with Crippen LogP contribution < -0.4 is 10.1 Å². The van der Waals surface area contributed by atoms with E-state index >= 15 is 0 Å². The highest BCUT2D eigenvalue weighted by atomic mass is 79.9. The number of likely N-dealkylation sites (tertiary alicyclic amines) is 1. The van der Waals surface area contributed by atoms with Crippen LogP contribution in [-0.4, -0.2) is 62.9 Å². The Labute approximate surface area is 264 Å². The van der Waals surface area contributed by atoms with E-state index in [0.29, 0.717) is 35.8 Å². The normalized spacial score (nSPS) is 19.3. The zero-order valence-corrected chi connectivity index (χ0v) is 28.1. The van der Waals surface area contributed by atoms with Crippen LogP contribution >= 0.6 is 27.3 Å². The first-order valence-corrected chi connectivity index (χ1v) is 16.7. The number of thiophene rings is 1. The quantitative estimate of drug-likeness (QED) is 0.225. The number of nitrogens with one attached hydrogen (secondary N) is 1. The molecule has 1 aromatic carbocycles. The van der Waals surface area contributed by atoms with Crippen LogP contribution in [0.2, 0.25) is 0 Å². The van der Waals surface area contributed by atoms with Crippen molar-refractivity contribution in [3.05, 3.63) is 33.6 Å². The van der Waals surface area contributed by atoms with E-state index in [2.05, 4.69) is 48.8 Å². The summed E-state index contributed by atoms with van der Waals surface area (Å²) >= 11 is 5.49. The van der Waals surface area contributed by atoms with Crippen molar-refractivity contribution in [2.24, 2.45) is 18.9 Å². The molecule has 1 aliphatic heterocycles. The third-order valence-electron chi connectivity index (χ3n) is 8.47. The number of carbonyl (C=O) groups is 2. The van der Waals surface area contributed by atoms with Gasteiger partial charge >= 0.3 is 6.09 Å². The second-order valence-electron chi connectivity index (χ2n) is 13.0. The van der Waals surface area contributed by atoms with Gasteiger partial charge in [0.25, 0.3) is 5.91 Å². The van der Waals surface area contributed by atoms with Crippen molar-refractivity contribution in [1.29, 1.82) is 0 Å². The summed E-state index contributed by atoms with van der Waals surface area (Å²) in [6.07, 6.45) is 3.78. The molecule has 1 saturated heterocycles. The van der Waals surface area contributed by atoms with Crippen LogP contribution in [0.5, 0.6) is 5.75 Å². The molecule has 1 N–H and O–H groups in total. The van der Waals surface area contributed by atoms with Crippen LogP contribution in [0, 0.1) is 11.8 Å². The molecular weight excluding hydrogens is 630 g/mol. The number of rotatable bonds is 7. The van der Waals surface area contributed by atoms with Crippen molar-refractivity contribution >= 4 is 60.5 Å². The summed E-state index contributed by atoms with van der Waals surface area (Å²) in [5, 5.41) is 5.14. The molecule has 43 heavy (non-hydrogen) atoms. The minimum absolute atomic E-state index is 0.0944. The van der Waals surface area contributed by atoms with E-state index in [1.807, 2.05) is 44.9 Å². The van der Waals surface area contributed by atoms with E-state index in [0.717, 1.165) is 40.9 Å². The van der Waals surface area contributed by atoms with Crippen LogP contribution in [0.15, 0.2) is 28.1 Å². The van der Waals surface area contributed by atoms with Crippen molar-refractivity contribution in [3.63, 3.8) is 0 Å². The number of aromatic nitrogens is 3. The van der Waals surface area contributed by atoms with Gasteiger partial charge in [0.15, 0.2) is 5.82 Å². The summed E-state index contributed by atoms with van der Waals surface area (Å²) in [5.41, 5.74) is 3.80. The second kappa shape index (κ2) is 11.5. The molecule has 1 aliphatic carbocycles. The molecule has 0 radical (unpaired) electrons. The van der Waals surface area contributed by atoms with E-state index in [4.69, 9.17) is 14.5 Å². The number of fused-ring (bicyclic) bond motifs is 2. The van der Waals surface area contributed by atoms with E-state index in [1.165, 1.54) is 23.1 Å². The van der Waals surface area contributed by atoms with E-state index in [1.54, 1.807) is 18.4 Å². The summed E-state index contributed by atoms with van der Waals surface area (Å²) in [6.45, 7) is 9.67. The van der Waals surface area contributed by atoms with Gasteiger partial charge in [-0.05, 0) is 86.0 Å². The predicted molar refractivity (Wildman–Crippen MR) is 174 cm³/mol. The maximum atomic E-state index is 14.0. The van der Waals surface area contributed by atoms with Gasteiger partial charge < -0.3 is 28.8 Å². The minimum Gasteiger partial charge on any atom is -0.494 e. The third kappa shape index (κ3) is 6.02. The molecule has 2 amide bonds. The van der Waals surface area contributed by atoms with Gasteiger partial charge in [-0.1, -0.05) is 13.3 Å². The fourth-order valence-electron chi connectivity index (χ4n) is 6.21. The molecule has 11 heteroatoms. The van der Waals surface area contributed by atoms with Gasteiger partial charge in [0, 0.05) is 37.6 Å². The number of aryl methyl sites for hydroxylation is 1. The second-order valence-corrected chi connectivity index (χ2v) is 14.7. The first-order valence-electron chi connectivity index (χ1n) is 15.1. The van der Waals surface area contributed by atoms with Crippen molar-refractivity contribution in [3.8, 4) is 17.3 Å². The Morgan fingerprint density at radius 2 is 1.91 bits per heavy atom. The molecule has 2 aliphatic rings. The Balaban J connectivity index is 1.33. The molecule has 2 fully saturated rings. The molecule has 6 rings (SSSR count). The summed E-state index contributed by atoms with van der Waals surface area (Å²) in [5.74, 6) is 2.33. The van der Waals surface area contributed by atoms with E-state index in [9.17, 15) is 9.59 Å². The van der Waals surface area contributed by atoms with E-state index in [-0.39, 0.29) is 17.9 Å². The number of carbonyl (C=O) groups excluding carboxylic acids is 2. The summed E-state index contributed by atoms with van der Waals surface area (Å²) in [4.78, 5) is 33.5. The van der Waals surface area contributed by atoms with Gasteiger partial charge in [-0.15, -0.1) is 11.3 Å². The highest BCUT2D eigenvalue weighted by molar-refractivity contribution is 9.10. The molecule has 1 saturated carbocycles. The number of benzene rings is 1. The van der Waals surface area contributed by atoms with Gasteiger partial charge in [0.2, 0.25) is 0 Å². The average Bonchev–Trinajstić information content (AvgIpc) is 3.48. The predicted octanol–water partition coefficient (Wildman–Crippen LogP) is 7.20. The van der Waals surface area contributed by atoms with Crippen molar-refractivity contribution in [2.45, 2.75) is 71.6 Å². The number of imidazole rings is 1. The number of amides is 2. The van der Waals surface area contributed by atoms with Crippen molar-refractivity contribution in [1.82, 2.24) is 24.3 Å². The largest absolute Gasteiger partial charge is 0.494 e. The number of nitrogens with zero attached hydrogens (tertiary/aromatic N) is 4. The lowest BCUT2D eigenvalue weighted by Crippen LogP contribution is -2.53. The number of alkyl carbamates (subject to hydrolysis) is 1. The Kier molecular flexibility index (Phi) is 8.00. The van der Waals surface area contributed by atoms with Crippen LogP contribution in [0.25, 0.3) is 32.8 Å². The zero-order valence-electron chi connectivity index (χ0n) is 25.7. The molecule has 9 nitrogen and oxygen atoms in total. The Hall–Kier alpha value is -3.05. The molecule has 0 spiro atoms. The topological polar surface area (TPSA) is 90.6 Å². The fraction of sp³-hybridized carbons (Fsp3) is 0.531. The number of piperidine rings is 1. The number of ether oxygens (including phenoxy) is 2. The first kappa shape index (κ1) is 30.0. The maximum Gasteiger partial charge on any atom is 0.407 e. The fourth-order valence-corrected chi connectivity index (χ4v) is 7.90. The number of hydrogen-bond donors (Lipinski definition) is 1. The lowest BCUT2D eigenvalue weighted by atomic mass is 9.91. The highest BCUT2D eigenvalue weighted by Crippen LogP contribution is 2.41. The van der Waals surface area contributed by atoms with Crippen molar-refractivity contribution in [2.75, 3.05) is 20.2 Å². The Morgan fingerprint density at radius 3 is 2.58 bits per heavy atom. The lowest BCUT2D eigenvalue weighted by Gasteiger charge is -2.38. The zero-order chi connectivity index (χ0) is 30.6. The van der Waals surface area contributed by atoms with Crippen LogP contribution in [-0.2, 0) is 18.3 Å². The number of hydrogen-bond acceptors (Lipinski definition) is 6. The van der Waals surface area contributed by atoms with Gasteiger partial charge in [-0.3, -0.25) is 4.79 Å². The smallest absolute Gasteiger partial charge is 0.407 e. The van der Waals surface area contributed by atoms with Gasteiger partial charge in [-0.2, -0.15) is 0 Å². The Morgan fingerprint density at radius 1 is 1.14 bits per heavy atom. The lowest BCUT2D eigenvalue weighted by molar-refractivity contribution is 0.0416. The molecule has 4 aromatic rings. The highest BCUT2D eigenvalue weighted by Gasteiger charge is 2.33. The monoisotopic (exact) mass is 669 g/mol. The van der Waals surface area contributed by atoms with Crippen LogP contribution in [0.4, 0.5) is 4.79 Å².